The predicted octanol–water partition coefficient (Wildman–Crippen LogP) is 4.88. The molecule has 0 spiro atoms. The Hall–Kier alpha value is -2.87. The minimum absolute atomic E-state index is 0.0127. The van der Waals surface area contributed by atoms with Crippen LogP contribution in [0.15, 0.2) is 42.5 Å². The van der Waals surface area contributed by atoms with Crippen molar-refractivity contribution >= 4 is 27.5 Å². The summed E-state index contributed by atoms with van der Waals surface area (Å²) in [5.74, 6) is -0.327. The second-order valence-electron chi connectivity index (χ2n) is 9.98. The molecule has 2 amide bonds. The molecule has 2 aromatic rings. The zero-order valence-electron chi connectivity index (χ0n) is 23.4. The number of rotatable bonds is 13. The lowest BCUT2D eigenvalue weighted by Gasteiger charge is -2.32. The fourth-order valence-corrected chi connectivity index (χ4v) is 5.24. The molecule has 0 fully saturated rings. The molecule has 1 N–H and O–H groups in total. The van der Waals surface area contributed by atoms with Gasteiger partial charge in [-0.25, -0.2) is 8.42 Å². The number of hydrogen-bond acceptors (Lipinski definition) is 4. The lowest BCUT2D eigenvalue weighted by molar-refractivity contribution is -0.141. The van der Waals surface area contributed by atoms with Gasteiger partial charge in [0.1, 0.15) is 6.04 Å². The zero-order chi connectivity index (χ0) is 27.8. The summed E-state index contributed by atoms with van der Waals surface area (Å²) in [6.07, 6.45) is 2.95. The average Bonchev–Trinajstić information content (AvgIpc) is 2.83. The molecule has 0 aromatic heterocycles. The monoisotopic (exact) mass is 529 g/mol. The average molecular weight is 530 g/mol. The molecule has 7 nitrogen and oxygen atoms in total. The smallest absolute Gasteiger partial charge is 0.243 e. The number of nitrogens with zero attached hydrogens (tertiary/aromatic N) is 2. The minimum atomic E-state index is -3.53. The number of amides is 2. The molecular formula is C29H43N3O4S. The Morgan fingerprint density at radius 2 is 1.57 bits per heavy atom. The standard InChI is InChI=1S/C29H43N3O4S/c1-8-24(6)30-29(34)26(9-2)31(20-25-16-13-21(3)14-17-25)28(33)11-10-18-32(37(7,35)36)27-19-22(4)12-15-23(27)5/h12-17,19,24,26H,8-11,18,20H2,1-7H3,(H,30,34). The Labute approximate surface area is 223 Å². The molecule has 0 aliphatic heterocycles. The summed E-state index contributed by atoms with van der Waals surface area (Å²) in [5, 5.41) is 3.02. The van der Waals surface area contributed by atoms with Gasteiger partial charge in [0.2, 0.25) is 21.8 Å². The molecule has 0 saturated heterocycles. The number of anilines is 1. The van der Waals surface area contributed by atoms with Gasteiger partial charge < -0.3 is 10.2 Å². The van der Waals surface area contributed by atoms with Gasteiger partial charge >= 0.3 is 0 Å². The molecule has 2 unspecified atom stereocenters. The minimum Gasteiger partial charge on any atom is -0.352 e. The first-order valence-corrected chi connectivity index (χ1v) is 14.9. The molecule has 0 bridgehead atoms. The van der Waals surface area contributed by atoms with E-state index in [0.717, 1.165) is 28.7 Å². The fourth-order valence-electron chi connectivity index (χ4n) is 4.22. The molecule has 0 aliphatic carbocycles. The van der Waals surface area contributed by atoms with E-state index in [2.05, 4.69) is 5.32 Å². The van der Waals surface area contributed by atoms with Gasteiger partial charge in [0.25, 0.3) is 0 Å². The molecule has 0 heterocycles. The predicted molar refractivity (Wildman–Crippen MR) is 151 cm³/mol. The van der Waals surface area contributed by atoms with E-state index in [1.807, 2.05) is 84.0 Å². The quantitative estimate of drug-likeness (QED) is 0.401. The van der Waals surface area contributed by atoms with Crippen molar-refractivity contribution in [2.24, 2.45) is 0 Å². The van der Waals surface area contributed by atoms with Gasteiger partial charge in [0.05, 0.1) is 11.9 Å². The van der Waals surface area contributed by atoms with E-state index in [1.54, 1.807) is 4.90 Å². The molecule has 0 radical (unpaired) electrons. The maximum absolute atomic E-state index is 13.5. The first-order chi connectivity index (χ1) is 17.4. The molecular weight excluding hydrogens is 486 g/mol. The molecule has 2 rings (SSSR count). The number of nitrogens with one attached hydrogen (secondary N) is 1. The normalized spacial score (nSPS) is 13.1. The maximum atomic E-state index is 13.5. The highest BCUT2D eigenvalue weighted by Gasteiger charge is 2.29. The Balaban J connectivity index is 2.25. The van der Waals surface area contributed by atoms with Crippen LogP contribution in [0.4, 0.5) is 5.69 Å². The summed E-state index contributed by atoms with van der Waals surface area (Å²) in [6.45, 7) is 12.2. The summed E-state index contributed by atoms with van der Waals surface area (Å²) in [6, 6.07) is 13.0. The number of carbonyl (C=O) groups is 2. The van der Waals surface area contributed by atoms with E-state index in [4.69, 9.17) is 0 Å². The Morgan fingerprint density at radius 3 is 2.14 bits per heavy atom. The Morgan fingerprint density at radius 1 is 0.946 bits per heavy atom. The van der Waals surface area contributed by atoms with Crippen molar-refractivity contribution in [3.05, 3.63) is 64.7 Å². The van der Waals surface area contributed by atoms with Crippen LogP contribution in [0.5, 0.6) is 0 Å². The van der Waals surface area contributed by atoms with E-state index in [-0.39, 0.29) is 30.8 Å². The van der Waals surface area contributed by atoms with Gasteiger partial charge in [-0.15, -0.1) is 0 Å². The number of hydrogen-bond donors (Lipinski definition) is 1. The van der Waals surface area contributed by atoms with E-state index >= 15 is 0 Å². The first kappa shape index (κ1) is 30.4. The van der Waals surface area contributed by atoms with Crippen molar-refractivity contribution in [2.45, 2.75) is 85.9 Å². The summed E-state index contributed by atoms with van der Waals surface area (Å²) in [7, 11) is -3.53. The Bertz CT molecular complexity index is 1160. The third kappa shape index (κ3) is 8.88. The fraction of sp³-hybridized carbons (Fsp3) is 0.517. The Kier molecular flexibility index (Phi) is 11.2. The van der Waals surface area contributed by atoms with Crippen LogP contribution in [0.2, 0.25) is 0 Å². The summed E-state index contributed by atoms with van der Waals surface area (Å²) >= 11 is 0. The summed E-state index contributed by atoms with van der Waals surface area (Å²) in [4.78, 5) is 28.3. The van der Waals surface area contributed by atoms with E-state index < -0.39 is 16.1 Å². The maximum Gasteiger partial charge on any atom is 0.243 e. The highest BCUT2D eigenvalue weighted by molar-refractivity contribution is 7.92. The molecule has 8 heteroatoms. The molecule has 0 aliphatic rings. The van der Waals surface area contributed by atoms with Gasteiger partial charge in [-0.2, -0.15) is 0 Å². The lowest BCUT2D eigenvalue weighted by Crippen LogP contribution is -2.50. The number of carbonyl (C=O) groups excluding carboxylic acids is 2. The number of aryl methyl sites for hydroxylation is 3. The molecule has 2 atom stereocenters. The molecule has 0 saturated carbocycles. The molecule has 204 valence electrons. The lowest BCUT2D eigenvalue weighted by atomic mass is 10.1. The van der Waals surface area contributed by atoms with Gasteiger partial charge in [0.15, 0.2) is 0 Å². The van der Waals surface area contributed by atoms with Crippen LogP contribution in [0.1, 0.15) is 68.7 Å². The van der Waals surface area contributed by atoms with Crippen molar-refractivity contribution in [2.75, 3.05) is 17.1 Å². The number of sulfonamides is 1. The topological polar surface area (TPSA) is 86.8 Å². The van der Waals surface area contributed by atoms with Crippen LogP contribution in [-0.4, -0.2) is 50.0 Å². The van der Waals surface area contributed by atoms with Crippen molar-refractivity contribution in [3.63, 3.8) is 0 Å². The third-order valence-corrected chi connectivity index (χ3v) is 7.83. The highest BCUT2D eigenvalue weighted by Crippen LogP contribution is 2.25. The van der Waals surface area contributed by atoms with Crippen molar-refractivity contribution in [1.82, 2.24) is 10.2 Å². The van der Waals surface area contributed by atoms with Crippen LogP contribution in [0.25, 0.3) is 0 Å². The van der Waals surface area contributed by atoms with Crippen LogP contribution < -0.4 is 9.62 Å². The van der Waals surface area contributed by atoms with Crippen molar-refractivity contribution < 1.29 is 18.0 Å². The third-order valence-electron chi connectivity index (χ3n) is 6.65. The van der Waals surface area contributed by atoms with Crippen LogP contribution in [-0.2, 0) is 26.2 Å². The van der Waals surface area contributed by atoms with Crippen LogP contribution in [0, 0.1) is 20.8 Å². The van der Waals surface area contributed by atoms with Crippen molar-refractivity contribution in [1.29, 1.82) is 0 Å². The van der Waals surface area contributed by atoms with E-state index in [1.165, 1.54) is 10.6 Å². The summed E-state index contributed by atoms with van der Waals surface area (Å²) < 4.78 is 26.6. The number of benzene rings is 2. The van der Waals surface area contributed by atoms with Crippen LogP contribution >= 0.6 is 0 Å². The first-order valence-electron chi connectivity index (χ1n) is 13.1. The second-order valence-corrected chi connectivity index (χ2v) is 11.9. The SMILES string of the molecule is CCC(C)NC(=O)C(CC)N(Cc1ccc(C)cc1)C(=O)CCCN(c1cc(C)ccc1C)S(C)(=O)=O. The largest absolute Gasteiger partial charge is 0.352 e. The molecule has 37 heavy (non-hydrogen) atoms. The van der Waals surface area contributed by atoms with Gasteiger partial charge in [0, 0.05) is 25.6 Å². The van der Waals surface area contributed by atoms with Crippen LogP contribution in [0.3, 0.4) is 0 Å². The van der Waals surface area contributed by atoms with Gasteiger partial charge in [-0.1, -0.05) is 55.8 Å². The summed E-state index contributed by atoms with van der Waals surface area (Å²) in [5.41, 5.74) is 4.52. The van der Waals surface area contributed by atoms with Gasteiger partial charge in [-0.05, 0) is 69.7 Å². The highest BCUT2D eigenvalue weighted by atomic mass is 32.2. The van der Waals surface area contributed by atoms with E-state index in [0.29, 0.717) is 25.1 Å². The van der Waals surface area contributed by atoms with Crippen molar-refractivity contribution in [3.8, 4) is 0 Å². The van der Waals surface area contributed by atoms with Gasteiger partial charge in [-0.3, -0.25) is 13.9 Å². The molecule has 2 aromatic carbocycles. The zero-order valence-corrected chi connectivity index (χ0v) is 24.2. The van der Waals surface area contributed by atoms with E-state index in [9.17, 15) is 18.0 Å². The second kappa shape index (κ2) is 13.6.